The molecule has 1 fully saturated rings. The van der Waals surface area contributed by atoms with Crippen molar-refractivity contribution in [1.82, 2.24) is 15.0 Å². The van der Waals surface area contributed by atoms with E-state index in [9.17, 15) is 22.7 Å². The minimum atomic E-state index is -4.47. The molecule has 0 bridgehead atoms. The van der Waals surface area contributed by atoms with Crippen LogP contribution in [-0.2, 0) is 0 Å². The Bertz CT molecular complexity index is 690. The predicted octanol–water partition coefficient (Wildman–Crippen LogP) is 3.28. The van der Waals surface area contributed by atoms with Crippen molar-refractivity contribution in [1.29, 1.82) is 0 Å². The number of aromatic nitrogens is 3. The van der Waals surface area contributed by atoms with E-state index in [1.807, 2.05) is 0 Å². The van der Waals surface area contributed by atoms with Crippen LogP contribution >= 0.6 is 0 Å². The summed E-state index contributed by atoms with van der Waals surface area (Å²) in [7, 11) is 0. The number of rotatable bonds is 6. The minimum Gasteiger partial charge on any atom is -0.386 e. The highest BCUT2D eigenvalue weighted by atomic mass is 19.4. The van der Waals surface area contributed by atoms with Crippen molar-refractivity contribution in [2.75, 3.05) is 17.2 Å². The van der Waals surface area contributed by atoms with Crippen molar-refractivity contribution in [2.45, 2.75) is 57.3 Å². The normalized spacial score (nSPS) is 22.3. The van der Waals surface area contributed by atoms with E-state index in [1.165, 1.54) is 0 Å². The number of aliphatic hydroxyl groups excluding tert-OH is 1. The van der Waals surface area contributed by atoms with Crippen LogP contribution in [0.1, 0.15) is 44.9 Å². The Morgan fingerprint density at radius 2 is 1.85 bits per heavy atom. The van der Waals surface area contributed by atoms with Gasteiger partial charge in [0.2, 0.25) is 11.9 Å². The second-order valence-corrected chi connectivity index (χ2v) is 6.77. The third-order valence-corrected chi connectivity index (χ3v) is 4.47. The van der Waals surface area contributed by atoms with Crippen molar-refractivity contribution in [3.8, 4) is 0 Å². The smallest absolute Gasteiger partial charge is 0.386 e. The van der Waals surface area contributed by atoms with Crippen LogP contribution in [0.5, 0.6) is 0 Å². The molecule has 1 unspecified atom stereocenters. The standard InChI is InChI=1S/C16H21F4N5O/c1-8(16(18,19)20)22-15-24-13(10-3-2-4-11(26)12(10)17)23-14(25-15)21-7-9-5-6-9/h8-9,11,26H,2-7H2,1H3,(H2,21,22,23,24,25)/t8-,11?/m1/s1. The number of nitrogens with zero attached hydrogens (tertiary/aromatic N) is 3. The number of nitrogens with one attached hydrogen (secondary N) is 2. The molecule has 26 heavy (non-hydrogen) atoms. The zero-order valence-electron chi connectivity index (χ0n) is 14.3. The van der Waals surface area contributed by atoms with Crippen LogP contribution in [0.2, 0.25) is 0 Å². The summed E-state index contributed by atoms with van der Waals surface area (Å²) in [6.45, 7) is 1.55. The van der Waals surface area contributed by atoms with E-state index in [4.69, 9.17) is 0 Å². The monoisotopic (exact) mass is 375 g/mol. The highest BCUT2D eigenvalue weighted by Crippen LogP contribution is 2.33. The van der Waals surface area contributed by atoms with Gasteiger partial charge in [0, 0.05) is 12.1 Å². The summed E-state index contributed by atoms with van der Waals surface area (Å²) in [6, 6.07) is -1.87. The molecule has 0 aliphatic heterocycles. The fourth-order valence-corrected chi connectivity index (χ4v) is 2.63. The Morgan fingerprint density at radius 1 is 1.15 bits per heavy atom. The van der Waals surface area contributed by atoms with Crippen molar-refractivity contribution in [3.63, 3.8) is 0 Å². The van der Waals surface area contributed by atoms with Gasteiger partial charge in [0.05, 0.1) is 0 Å². The number of allylic oxidation sites excluding steroid dienone is 1. The van der Waals surface area contributed by atoms with E-state index in [0.717, 1.165) is 19.8 Å². The molecule has 1 aromatic heterocycles. The van der Waals surface area contributed by atoms with Crippen molar-refractivity contribution in [3.05, 3.63) is 11.7 Å². The molecule has 0 radical (unpaired) electrons. The molecule has 1 heterocycles. The summed E-state index contributed by atoms with van der Waals surface area (Å²) in [6.07, 6.45) is -2.40. The average Bonchev–Trinajstić information content (AvgIpc) is 3.39. The lowest BCUT2D eigenvalue weighted by molar-refractivity contribution is -0.138. The van der Waals surface area contributed by atoms with Crippen molar-refractivity contribution >= 4 is 17.5 Å². The summed E-state index contributed by atoms with van der Waals surface area (Å²) >= 11 is 0. The van der Waals surface area contributed by atoms with E-state index in [1.54, 1.807) is 0 Å². The molecular weight excluding hydrogens is 354 g/mol. The highest BCUT2D eigenvalue weighted by molar-refractivity contribution is 5.65. The summed E-state index contributed by atoms with van der Waals surface area (Å²) in [4.78, 5) is 12.1. The molecule has 0 spiro atoms. The third-order valence-electron chi connectivity index (χ3n) is 4.47. The molecule has 1 saturated carbocycles. The molecule has 10 heteroatoms. The molecule has 2 aliphatic rings. The van der Waals surface area contributed by atoms with Gasteiger partial charge >= 0.3 is 6.18 Å². The van der Waals surface area contributed by atoms with E-state index in [0.29, 0.717) is 31.7 Å². The molecule has 2 aliphatic carbocycles. The first-order valence-corrected chi connectivity index (χ1v) is 8.64. The van der Waals surface area contributed by atoms with Gasteiger partial charge in [-0.25, -0.2) is 4.39 Å². The fourth-order valence-electron chi connectivity index (χ4n) is 2.63. The molecule has 144 valence electrons. The summed E-state index contributed by atoms with van der Waals surface area (Å²) < 4.78 is 52.7. The van der Waals surface area contributed by atoms with Gasteiger partial charge in [0.25, 0.3) is 0 Å². The fraction of sp³-hybridized carbons (Fsp3) is 0.688. The molecule has 0 aromatic carbocycles. The van der Waals surface area contributed by atoms with E-state index in [2.05, 4.69) is 25.6 Å². The second kappa shape index (κ2) is 7.34. The van der Waals surface area contributed by atoms with Gasteiger partial charge in [0.15, 0.2) is 5.82 Å². The van der Waals surface area contributed by atoms with Crippen LogP contribution in [0, 0.1) is 5.92 Å². The lowest BCUT2D eigenvalue weighted by Crippen LogP contribution is -2.34. The Morgan fingerprint density at radius 3 is 2.50 bits per heavy atom. The molecule has 0 amide bonds. The molecule has 3 N–H and O–H groups in total. The quantitative estimate of drug-likeness (QED) is 0.662. The average molecular weight is 375 g/mol. The number of hydrogen-bond acceptors (Lipinski definition) is 6. The Labute approximate surface area is 148 Å². The van der Waals surface area contributed by atoms with Crippen LogP contribution in [0.15, 0.2) is 5.83 Å². The summed E-state index contributed by atoms with van der Waals surface area (Å²) in [5.74, 6) is -0.470. The van der Waals surface area contributed by atoms with Crippen LogP contribution in [0.3, 0.4) is 0 Å². The van der Waals surface area contributed by atoms with Crippen LogP contribution in [-0.4, -0.2) is 44.9 Å². The lowest BCUT2D eigenvalue weighted by atomic mass is 9.96. The Balaban J connectivity index is 1.90. The Hall–Kier alpha value is -1.97. The number of hydrogen-bond donors (Lipinski definition) is 3. The second-order valence-electron chi connectivity index (χ2n) is 6.77. The van der Waals surface area contributed by atoms with Gasteiger partial charge in [-0.2, -0.15) is 28.1 Å². The number of halogens is 4. The number of anilines is 2. The first-order chi connectivity index (χ1) is 12.2. The maximum Gasteiger partial charge on any atom is 0.408 e. The maximum atomic E-state index is 14.3. The zero-order chi connectivity index (χ0) is 18.9. The van der Waals surface area contributed by atoms with Gasteiger partial charge in [-0.1, -0.05) is 0 Å². The van der Waals surface area contributed by atoms with E-state index in [-0.39, 0.29) is 23.3 Å². The molecule has 2 atom stereocenters. The minimum absolute atomic E-state index is 0.0496. The molecule has 1 aromatic rings. The molecule has 3 rings (SSSR count). The number of alkyl halides is 3. The van der Waals surface area contributed by atoms with Gasteiger partial charge < -0.3 is 15.7 Å². The van der Waals surface area contributed by atoms with Gasteiger partial charge in [0.1, 0.15) is 18.0 Å². The van der Waals surface area contributed by atoms with Crippen LogP contribution < -0.4 is 10.6 Å². The third kappa shape index (κ3) is 4.60. The maximum absolute atomic E-state index is 14.3. The first kappa shape index (κ1) is 18.8. The van der Waals surface area contributed by atoms with Gasteiger partial charge in [-0.3, -0.25) is 0 Å². The topological polar surface area (TPSA) is 83.0 Å². The molecular formula is C16H21F4N5O. The summed E-state index contributed by atoms with van der Waals surface area (Å²) in [5.41, 5.74) is 0.114. The summed E-state index contributed by atoms with van der Waals surface area (Å²) in [5, 5.41) is 14.9. The van der Waals surface area contributed by atoms with Gasteiger partial charge in [-0.15, -0.1) is 0 Å². The zero-order valence-corrected chi connectivity index (χ0v) is 14.3. The predicted molar refractivity (Wildman–Crippen MR) is 88.1 cm³/mol. The highest BCUT2D eigenvalue weighted by Gasteiger charge is 2.36. The SMILES string of the molecule is C[C@@H](Nc1nc(NCC2CC2)nc(C2=C(F)C(O)CCC2)n1)C(F)(F)F. The van der Waals surface area contributed by atoms with Gasteiger partial charge in [-0.05, 0) is 44.9 Å². The number of aliphatic hydroxyl groups is 1. The van der Waals surface area contributed by atoms with Crippen LogP contribution in [0.25, 0.3) is 5.57 Å². The lowest BCUT2D eigenvalue weighted by Gasteiger charge is -2.21. The molecule has 0 saturated heterocycles. The van der Waals surface area contributed by atoms with Crippen LogP contribution in [0.4, 0.5) is 29.5 Å². The van der Waals surface area contributed by atoms with E-state index >= 15 is 0 Å². The molecule has 6 nitrogen and oxygen atoms in total. The van der Waals surface area contributed by atoms with Crippen molar-refractivity contribution in [2.24, 2.45) is 5.92 Å². The Kier molecular flexibility index (Phi) is 5.31. The largest absolute Gasteiger partial charge is 0.408 e. The van der Waals surface area contributed by atoms with E-state index < -0.39 is 24.1 Å². The first-order valence-electron chi connectivity index (χ1n) is 8.64. The van der Waals surface area contributed by atoms with Crippen molar-refractivity contribution < 1.29 is 22.7 Å².